The molecule has 2 fully saturated rings. The van der Waals surface area contributed by atoms with Gasteiger partial charge in [0.1, 0.15) is 5.69 Å². The Morgan fingerprint density at radius 2 is 1.76 bits per heavy atom. The van der Waals surface area contributed by atoms with Crippen LogP contribution in [-0.2, 0) is 14.8 Å². The molecule has 1 aromatic carbocycles. The summed E-state index contributed by atoms with van der Waals surface area (Å²) < 4.78 is 32.4. The predicted octanol–water partition coefficient (Wildman–Crippen LogP) is 1.99. The van der Waals surface area contributed by atoms with Crippen LogP contribution in [0.1, 0.15) is 26.7 Å². The summed E-state index contributed by atoms with van der Waals surface area (Å²) in [5, 5.41) is 11.6. The first kappa shape index (κ1) is 18.1. The predicted molar refractivity (Wildman–Crippen MR) is 93.3 cm³/mol. The molecule has 25 heavy (non-hydrogen) atoms. The third kappa shape index (κ3) is 3.63. The fourth-order valence-corrected chi connectivity index (χ4v) is 5.07. The lowest BCUT2D eigenvalue weighted by molar-refractivity contribution is -0.384. The smallest absolute Gasteiger partial charge is 0.293 e. The highest BCUT2D eigenvalue weighted by atomic mass is 32.2. The Kier molecular flexibility index (Phi) is 4.99. The Hall–Kier alpha value is -1.71. The second kappa shape index (κ2) is 6.89. The van der Waals surface area contributed by atoms with Crippen molar-refractivity contribution in [1.82, 2.24) is 4.31 Å². The Labute approximate surface area is 147 Å². The van der Waals surface area contributed by atoms with E-state index in [1.807, 2.05) is 18.7 Å². The van der Waals surface area contributed by atoms with Crippen LogP contribution in [-0.4, -0.2) is 56.0 Å². The van der Waals surface area contributed by atoms with Crippen LogP contribution in [0.5, 0.6) is 0 Å². The van der Waals surface area contributed by atoms with Gasteiger partial charge in [-0.2, -0.15) is 4.31 Å². The highest BCUT2D eigenvalue weighted by Gasteiger charge is 2.32. The fraction of sp³-hybridized carbons (Fsp3) is 0.625. The molecule has 0 saturated carbocycles. The normalized spacial score (nSPS) is 25.3. The number of anilines is 1. The molecule has 2 aliphatic rings. The maximum Gasteiger partial charge on any atom is 0.293 e. The summed E-state index contributed by atoms with van der Waals surface area (Å²) in [7, 11) is -3.68. The molecule has 2 heterocycles. The van der Waals surface area contributed by atoms with Crippen LogP contribution in [0.4, 0.5) is 11.4 Å². The minimum atomic E-state index is -3.68. The lowest BCUT2D eigenvalue weighted by Crippen LogP contribution is -2.45. The van der Waals surface area contributed by atoms with E-state index in [0.29, 0.717) is 31.9 Å². The first-order chi connectivity index (χ1) is 11.8. The average molecular weight is 369 g/mol. The number of nitro benzene ring substituents is 1. The molecule has 8 nitrogen and oxygen atoms in total. The van der Waals surface area contributed by atoms with Crippen molar-refractivity contribution in [3.05, 3.63) is 28.3 Å². The molecule has 0 aliphatic carbocycles. The van der Waals surface area contributed by atoms with Crippen LogP contribution in [0.25, 0.3) is 0 Å². The number of hydrogen-bond donors (Lipinski definition) is 0. The molecule has 2 unspecified atom stereocenters. The number of nitro groups is 1. The van der Waals surface area contributed by atoms with Gasteiger partial charge in [0.15, 0.2) is 0 Å². The summed E-state index contributed by atoms with van der Waals surface area (Å²) in [5.74, 6) is 0. The third-order valence-corrected chi connectivity index (χ3v) is 6.50. The van der Waals surface area contributed by atoms with Gasteiger partial charge in [0.05, 0.1) is 22.0 Å². The number of morpholine rings is 1. The van der Waals surface area contributed by atoms with E-state index in [-0.39, 0.29) is 22.8 Å². The summed E-state index contributed by atoms with van der Waals surface area (Å²) in [4.78, 5) is 12.9. The molecule has 2 atom stereocenters. The van der Waals surface area contributed by atoms with Gasteiger partial charge in [0, 0.05) is 32.2 Å². The molecule has 9 heteroatoms. The van der Waals surface area contributed by atoms with E-state index in [4.69, 9.17) is 4.74 Å². The standard InChI is InChI=1S/C16H23N3O5S/c1-12-10-17(11-13(2)24-12)15-6-5-14(9-16(15)19(20)21)25(22,23)18-7-3-4-8-18/h5-6,9,12-13H,3-4,7-8,10-11H2,1-2H3. The van der Waals surface area contributed by atoms with E-state index in [1.165, 1.54) is 16.4 Å². The lowest BCUT2D eigenvalue weighted by atomic mass is 10.2. The van der Waals surface area contributed by atoms with Crippen molar-refractivity contribution in [2.24, 2.45) is 0 Å². The number of ether oxygens (including phenoxy) is 1. The molecule has 0 bridgehead atoms. The van der Waals surface area contributed by atoms with Crippen molar-refractivity contribution >= 4 is 21.4 Å². The quantitative estimate of drug-likeness (QED) is 0.595. The summed E-state index contributed by atoms with van der Waals surface area (Å²) in [6.45, 7) is 5.83. The van der Waals surface area contributed by atoms with Crippen LogP contribution in [0.2, 0.25) is 0 Å². The van der Waals surface area contributed by atoms with Crippen molar-refractivity contribution in [3.63, 3.8) is 0 Å². The molecule has 0 radical (unpaired) electrons. The zero-order chi connectivity index (χ0) is 18.2. The molecular formula is C16H23N3O5S. The van der Waals surface area contributed by atoms with E-state index >= 15 is 0 Å². The Balaban J connectivity index is 1.97. The average Bonchev–Trinajstić information content (AvgIpc) is 3.08. The second-order valence-electron chi connectivity index (χ2n) is 6.68. The highest BCUT2D eigenvalue weighted by molar-refractivity contribution is 7.89. The monoisotopic (exact) mass is 369 g/mol. The van der Waals surface area contributed by atoms with Crippen molar-refractivity contribution < 1.29 is 18.1 Å². The van der Waals surface area contributed by atoms with Crippen LogP contribution in [0, 0.1) is 10.1 Å². The maximum absolute atomic E-state index is 12.7. The maximum atomic E-state index is 12.7. The Bertz CT molecular complexity index is 751. The van der Waals surface area contributed by atoms with Gasteiger partial charge in [-0.25, -0.2) is 8.42 Å². The minimum absolute atomic E-state index is 0.0146. The van der Waals surface area contributed by atoms with E-state index < -0.39 is 14.9 Å². The third-order valence-electron chi connectivity index (χ3n) is 4.61. The van der Waals surface area contributed by atoms with Crippen molar-refractivity contribution in [3.8, 4) is 0 Å². The number of rotatable bonds is 4. The van der Waals surface area contributed by atoms with Crippen LogP contribution in [0.3, 0.4) is 0 Å². The molecule has 0 N–H and O–H groups in total. The zero-order valence-electron chi connectivity index (χ0n) is 14.4. The molecule has 0 spiro atoms. The highest BCUT2D eigenvalue weighted by Crippen LogP contribution is 2.34. The number of benzene rings is 1. The molecule has 2 aliphatic heterocycles. The van der Waals surface area contributed by atoms with E-state index in [0.717, 1.165) is 12.8 Å². The molecular weight excluding hydrogens is 346 g/mol. The van der Waals surface area contributed by atoms with Gasteiger partial charge in [-0.1, -0.05) is 0 Å². The number of sulfonamides is 1. The number of hydrogen-bond acceptors (Lipinski definition) is 6. The summed E-state index contributed by atoms with van der Waals surface area (Å²) in [6, 6.07) is 4.21. The van der Waals surface area contributed by atoms with E-state index in [2.05, 4.69) is 0 Å². The van der Waals surface area contributed by atoms with E-state index in [1.54, 1.807) is 6.07 Å². The fourth-order valence-electron chi connectivity index (χ4n) is 3.53. The molecule has 138 valence electrons. The van der Waals surface area contributed by atoms with Gasteiger partial charge < -0.3 is 9.64 Å². The van der Waals surface area contributed by atoms with Crippen LogP contribution in [0.15, 0.2) is 23.1 Å². The Morgan fingerprint density at radius 3 is 2.32 bits per heavy atom. The molecule has 0 aromatic heterocycles. The largest absolute Gasteiger partial charge is 0.372 e. The molecule has 2 saturated heterocycles. The van der Waals surface area contributed by atoms with Crippen molar-refractivity contribution in [2.75, 3.05) is 31.1 Å². The van der Waals surface area contributed by atoms with Crippen molar-refractivity contribution in [2.45, 2.75) is 43.8 Å². The summed E-state index contributed by atoms with van der Waals surface area (Å²) in [5.41, 5.74) is 0.258. The number of nitrogens with zero attached hydrogens (tertiary/aromatic N) is 3. The van der Waals surface area contributed by atoms with Gasteiger partial charge in [-0.3, -0.25) is 10.1 Å². The molecule has 0 amide bonds. The summed E-state index contributed by atoms with van der Waals surface area (Å²) >= 11 is 0. The second-order valence-corrected chi connectivity index (χ2v) is 8.62. The topological polar surface area (TPSA) is 93.0 Å². The van der Waals surface area contributed by atoms with Gasteiger partial charge in [-0.15, -0.1) is 0 Å². The lowest BCUT2D eigenvalue weighted by Gasteiger charge is -2.36. The molecule has 1 aromatic rings. The SMILES string of the molecule is CC1CN(c2ccc(S(=O)(=O)N3CCCC3)cc2[N+](=O)[O-])CC(C)O1. The zero-order valence-corrected chi connectivity index (χ0v) is 15.2. The van der Waals surface area contributed by atoms with Crippen LogP contribution < -0.4 is 4.90 Å². The van der Waals surface area contributed by atoms with Gasteiger partial charge >= 0.3 is 0 Å². The Morgan fingerprint density at radius 1 is 1.16 bits per heavy atom. The van der Waals surface area contributed by atoms with Gasteiger partial charge in [0.2, 0.25) is 10.0 Å². The first-order valence-corrected chi connectivity index (χ1v) is 9.92. The first-order valence-electron chi connectivity index (χ1n) is 8.48. The minimum Gasteiger partial charge on any atom is -0.372 e. The summed E-state index contributed by atoms with van der Waals surface area (Å²) in [6.07, 6.45) is 1.55. The van der Waals surface area contributed by atoms with Gasteiger partial charge in [0.25, 0.3) is 5.69 Å². The van der Waals surface area contributed by atoms with Crippen molar-refractivity contribution in [1.29, 1.82) is 0 Å². The van der Waals surface area contributed by atoms with E-state index in [9.17, 15) is 18.5 Å². The molecule has 3 rings (SSSR count). The van der Waals surface area contributed by atoms with Crippen LogP contribution >= 0.6 is 0 Å². The van der Waals surface area contributed by atoms with Gasteiger partial charge in [-0.05, 0) is 38.8 Å².